The van der Waals surface area contributed by atoms with Crippen LogP contribution in [0.5, 0.6) is 0 Å². The second-order valence-electron chi connectivity index (χ2n) is 5.87. The Hall–Kier alpha value is -1.16. The van der Waals surface area contributed by atoms with Crippen LogP contribution in [-0.2, 0) is 11.3 Å². The summed E-state index contributed by atoms with van der Waals surface area (Å²) >= 11 is 5.69. The molecule has 5 heteroatoms. The molecule has 1 unspecified atom stereocenters. The third-order valence-electron chi connectivity index (χ3n) is 3.47. The maximum Gasteiger partial charge on any atom is 0.223 e. The van der Waals surface area contributed by atoms with Gasteiger partial charge in [-0.1, -0.05) is 32.4 Å². The zero-order valence-corrected chi connectivity index (χ0v) is 11.7. The van der Waals surface area contributed by atoms with E-state index in [9.17, 15) is 4.79 Å². The Kier molecular flexibility index (Phi) is 3.57. The van der Waals surface area contributed by atoms with Crippen molar-refractivity contribution in [1.82, 2.24) is 14.9 Å². The fourth-order valence-electron chi connectivity index (χ4n) is 2.12. The number of carbonyl (C=O) groups excluding carboxylic acids is 1. The van der Waals surface area contributed by atoms with E-state index >= 15 is 0 Å². The van der Waals surface area contributed by atoms with Gasteiger partial charge in [-0.2, -0.15) is 0 Å². The molecule has 1 atom stereocenters. The van der Waals surface area contributed by atoms with Gasteiger partial charge in [-0.15, -0.1) is 0 Å². The van der Waals surface area contributed by atoms with Crippen LogP contribution in [0.3, 0.4) is 0 Å². The highest BCUT2D eigenvalue weighted by atomic mass is 35.5. The molecule has 0 aliphatic carbocycles. The number of hydrogen-bond donors (Lipinski definition) is 0. The van der Waals surface area contributed by atoms with E-state index in [1.54, 1.807) is 6.20 Å². The molecule has 2 rings (SSSR count). The van der Waals surface area contributed by atoms with Crippen molar-refractivity contribution in [2.24, 2.45) is 11.3 Å². The summed E-state index contributed by atoms with van der Waals surface area (Å²) in [6.45, 7) is 7.85. The van der Waals surface area contributed by atoms with Crippen molar-refractivity contribution in [3.63, 3.8) is 0 Å². The summed E-state index contributed by atoms with van der Waals surface area (Å²) in [4.78, 5) is 22.0. The summed E-state index contributed by atoms with van der Waals surface area (Å²) in [5.74, 6) is 0.608. The molecule has 2 heterocycles. The highest BCUT2D eigenvalue weighted by Crippen LogP contribution is 2.34. The normalized spacial score (nSPS) is 20.6. The first-order valence-corrected chi connectivity index (χ1v) is 6.48. The second kappa shape index (κ2) is 4.84. The molecule has 0 aromatic carbocycles. The minimum absolute atomic E-state index is 0.163. The molecule has 1 amide bonds. The molecule has 0 spiro atoms. The Bertz CT molecular complexity index is 439. The van der Waals surface area contributed by atoms with Gasteiger partial charge in [-0.25, -0.2) is 4.98 Å². The predicted molar refractivity (Wildman–Crippen MR) is 70.0 cm³/mol. The molecule has 98 valence electrons. The molecular formula is C13H18ClN3O. The molecule has 18 heavy (non-hydrogen) atoms. The number of hydrogen-bond acceptors (Lipinski definition) is 3. The van der Waals surface area contributed by atoms with Gasteiger partial charge in [0, 0.05) is 13.0 Å². The molecule has 1 aliphatic rings. The minimum atomic E-state index is 0.163. The van der Waals surface area contributed by atoms with E-state index in [-0.39, 0.29) is 11.3 Å². The van der Waals surface area contributed by atoms with Crippen molar-refractivity contribution in [3.8, 4) is 0 Å². The van der Waals surface area contributed by atoms with Crippen LogP contribution in [0.1, 0.15) is 32.9 Å². The maximum atomic E-state index is 12.0. The van der Waals surface area contributed by atoms with Gasteiger partial charge in [-0.05, 0) is 11.3 Å². The van der Waals surface area contributed by atoms with Gasteiger partial charge in [-0.3, -0.25) is 9.78 Å². The SMILES string of the molecule is CC(C)(C)C1CC(=O)N(Cc2cnc(Cl)cn2)C1. The molecule has 1 aliphatic heterocycles. The molecule has 1 aromatic rings. The van der Waals surface area contributed by atoms with Crippen LogP contribution in [0, 0.1) is 11.3 Å². The largest absolute Gasteiger partial charge is 0.336 e. The molecule has 4 nitrogen and oxygen atoms in total. The lowest BCUT2D eigenvalue weighted by Gasteiger charge is -2.26. The van der Waals surface area contributed by atoms with Crippen LogP contribution in [0.15, 0.2) is 12.4 Å². The van der Waals surface area contributed by atoms with Crippen LogP contribution in [-0.4, -0.2) is 27.3 Å². The Morgan fingerprint density at radius 3 is 2.61 bits per heavy atom. The third kappa shape index (κ3) is 2.99. The molecule has 0 radical (unpaired) electrons. The van der Waals surface area contributed by atoms with Crippen molar-refractivity contribution in [3.05, 3.63) is 23.2 Å². The molecule has 1 saturated heterocycles. The van der Waals surface area contributed by atoms with Gasteiger partial charge >= 0.3 is 0 Å². The second-order valence-corrected chi connectivity index (χ2v) is 6.26. The third-order valence-corrected chi connectivity index (χ3v) is 3.66. The summed E-state index contributed by atoms with van der Waals surface area (Å²) in [7, 11) is 0. The summed E-state index contributed by atoms with van der Waals surface area (Å²) in [6.07, 6.45) is 3.77. The summed E-state index contributed by atoms with van der Waals surface area (Å²) in [6, 6.07) is 0. The van der Waals surface area contributed by atoms with E-state index in [0.717, 1.165) is 12.2 Å². The highest BCUT2D eigenvalue weighted by Gasteiger charge is 2.36. The number of halogens is 1. The fourth-order valence-corrected chi connectivity index (χ4v) is 2.22. The monoisotopic (exact) mass is 267 g/mol. The molecular weight excluding hydrogens is 250 g/mol. The van der Waals surface area contributed by atoms with Gasteiger partial charge in [0.2, 0.25) is 5.91 Å². The molecule has 1 fully saturated rings. The van der Waals surface area contributed by atoms with Crippen molar-refractivity contribution < 1.29 is 4.79 Å². The van der Waals surface area contributed by atoms with E-state index in [4.69, 9.17) is 11.6 Å². The number of nitrogens with zero attached hydrogens (tertiary/aromatic N) is 3. The lowest BCUT2D eigenvalue weighted by atomic mass is 9.80. The zero-order chi connectivity index (χ0) is 13.3. The topological polar surface area (TPSA) is 46.1 Å². The lowest BCUT2D eigenvalue weighted by molar-refractivity contribution is -0.128. The van der Waals surface area contributed by atoms with E-state index < -0.39 is 0 Å². The van der Waals surface area contributed by atoms with E-state index in [2.05, 4.69) is 30.7 Å². The van der Waals surface area contributed by atoms with Crippen molar-refractivity contribution in [1.29, 1.82) is 0 Å². The fraction of sp³-hybridized carbons (Fsp3) is 0.615. The first kappa shape index (κ1) is 13.3. The van der Waals surface area contributed by atoms with Crippen molar-refractivity contribution in [2.45, 2.75) is 33.7 Å². The van der Waals surface area contributed by atoms with Crippen LogP contribution in [0.2, 0.25) is 5.15 Å². The quantitative estimate of drug-likeness (QED) is 0.827. The molecule has 1 aromatic heterocycles. The Balaban J connectivity index is 2.03. The van der Waals surface area contributed by atoms with Gasteiger partial charge in [0.1, 0.15) is 5.15 Å². The Morgan fingerprint density at radius 2 is 2.11 bits per heavy atom. The number of rotatable bonds is 2. The van der Waals surface area contributed by atoms with Gasteiger partial charge < -0.3 is 4.90 Å². The van der Waals surface area contributed by atoms with Crippen LogP contribution in [0.4, 0.5) is 0 Å². The van der Waals surface area contributed by atoms with Crippen molar-refractivity contribution in [2.75, 3.05) is 6.54 Å². The molecule has 0 N–H and O–H groups in total. The van der Waals surface area contributed by atoms with Crippen LogP contribution < -0.4 is 0 Å². The van der Waals surface area contributed by atoms with Crippen molar-refractivity contribution >= 4 is 17.5 Å². The smallest absolute Gasteiger partial charge is 0.223 e. The predicted octanol–water partition coefficient (Wildman–Crippen LogP) is 2.52. The average molecular weight is 268 g/mol. The zero-order valence-electron chi connectivity index (χ0n) is 11.0. The van der Waals surface area contributed by atoms with Gasteiger partial charge in [0.15, 0.2) is 0 Å². The van der Waals surface area contributed by atoms with Gasteiger partial charge in [0.05, 0.1) is 24.6 Å². The summed E-state index contributed by atoms with van der Waals surface area (Å²) in [5.41, 5.74) is 0.943. The maximum absolute atomic E-state index is 12.0. The Morgan fingerprint density at radius 1 is 1.39 bits per heavy atom. The van der Waals surface area contributed by atoms with Crippen LogP contribution >= 0.6 is 11.6 Å². The molecule has 0 bridgehead atoms. The molecule has 0 saturated carbocycles. The van der Waals surface area contributed by atoms with E-state index in [1.165, 1.54) is 6.20 Å². The standard InChI is InChI=1S/C13H18ClN3O/c1-13(2,3)9-4-12(18)17(7-9)8-10-5-16-11(14)6-15-10/h5-6,9H,4,7-8H2,1-3H3. The number of aromatic nitrogens is 2. The van der Waals surface area contributed by atoms with Crippen LogP contribution in [0.25, 0.3) is 0 Å². The Labute approximate surface area is 112 Å². The average Bonchev–Trinajstić information content (AvgIpc) is 2.63. The first-order valence-electron chi connectivity index (χ1n) is 6.10. The number of amides is 1. The lowest BCUT2D eigenvalue weighted by Crippen LogP contribution is -2.27. The van der Waals surface area contributed by atoms with E-state index in [0.29, 0.717) is 24.0 Å². The number of likely N-dealkylation sites (tertiary alicyclic amines) is 1. The highest BCUT2D eigenvalue weighted by molar-refractivity contribution is 6.29. The van der Waals surface area contributed by atoms with E-state index in [1.807, 2.05) is 4.90 Å². The first-order chi connectivity index (χ1) is 8.36. The summed E-state index contributed by atoms with van der Waals surface area (Å²) in [5, 5.41) is 0.374. The van der Waals surface area contributed by atoms with Gasteiger partial charge in [0.25, 0.3) is 0 Å². The number of carbonyl (C=O) groups is 1. The summed E-state index contributed by atoms with van der Waals surface area (Å²) < 4.78 is 0. The minimum Gasteiger partial charge on any atom is -0.336 e.